The van der Waals surface area contributed by atoms with Crippen LogP contribution in [-0.4, -0.2) is 38.1 Å². The minimum absolute atomic E-state index is 0.0349. The van der Waals surface area contributed by atoms with Crippen molar-refractivity contribution in [3.63, 3.8) is 0 Å². The highest BCUT2D eigenvalue weighted by Crippen LogP contribution is 2.28. The van der Waals surface area contributed by atoms with Gasteiger partial charge in [-0.3, -0.25) is 9.59 Å². The molecule has 2 aromatic carbocycles. The van der Waals surface area contributed by atoms with Crippen LogP contribution in [0.4, 0.5) is 22.9 Å². The number of hydrogen-bond donors (Lipinski definition) is 2. The third kappa shape index (κ3) is 4.89. The number of nitrogens with one attached hydrogen (secondary N) is 2. The lowest BCUT2D eigenvalue weighted by Crippen LogP contribution is -2.28. The normalized spacial score (nSPS) is 15.3. The van der Waals surface area contributed by atoms with Gasteiger partial charge in [-0.15, -0.1) is 0 Å². The first-order chi connectivity index (χ1) is 17.0. The molecule has 2 amide bonds. The number of nitrogens with zero attached hydrogens (tertiary/aromatic N) is 5. The summed E-state index contributed by atoms with van der Waals surface area (Å²) >= 11 is 0. The average molecular weight is 468 g/mol. The first kappa shape index (κ1) is 22.3. The van der Waals surface area contributed by atoms with Crippen molar-refractivity contribution < 1.29 is 9.59 Å². The Bertz CT molecular complexity index is 1370. The van der Waals surface area contributed by atoms with Gasteiger partial charge in [-0.2, -0.15) is 5.10 Å². The summed E-state index contributed by atoms with van der Waals surface area (Å²) in [5.74, 6) is 0.677. The first-order valence-corrected chi connectivity index (χ1v) is 11.3. The number of amides is 2. The lowest BCUT2D eigenvalue weighted by molar-refractivity contribution is -0.122. The molecule has 0 saturated carbocycles. The van der Waals surface area contributed by atoms with Gasteiger partial charge in [0, 0.05) is 48.5 Å². The highest BCUT2D eigenvalue weighted by Gasteiger charge is 2.35. The zero-order valence-corrected chi connectivity index (χ0v) is 19.5. The Labute approximate surface area is 202 Å². The van der Waals surface area contributed by atoms with Crippen molar-refractivity contribution in [2.45, 2.75) is 20.3 Å². The predicted molar refractivity (Wildman–Crippen MR) is 134 cm³/mol. The minimum Gasteiger partial charge on any atom is -0.340 e. The molecule has 0 aliphatic carbocycles. The van der Waals surface area contributed by atoms with E-state index in [1.807, 2.05) is 68.6 Å². The highest BCUT2D eigenvalue weighted by atomic mass is 16.2. The van der Waals surface area contributed by atoms with Gasteiger partial charge in [0.1, 0.15) is 12.1 Å². The molecule has 0 bridgehead atoms. The molecular formula is C26H25N7O2. The van der Waals surface area contributed by atoms with Gasteiger partial charge in [0.15, 0.2) is 5.82 Å². The second kappa shape index (κ2) is 9.38. The quantitative estimate of drug-likeness (QED) is 0.444. The van der Waals surface area contributed by atoms with Crippen LogP contribution in [0.15, 0.2) is 73.3 Å². The molecule has 0 spiro atoms. The van der Waals surface area contributed by atoms with E-state index in [0.717, 1.165) is 16.9 Å². The van der Waals surface area contributed by atoms with Gasteiger partial charge in [0.25, 0.3) is 0 Å². The van der Waals surface area contributed by atoms with Gasteiger partial charge in [-0.1, -0.05) is 6.07 Å². The Morgan fingerprint density at radius 1 is 1.00 bits per heavy atom. The number of aryl methyl sites for hydroxylation is 2. The van der Waals surface area contributed by atoms with Gasteiger partial charge in [0.2, 0.25) is 11.8 Å². The summed E-state index contributed by atoms with van der Waals surface area (Å²) < 4.78 is 1.65. The number of rotatable bonds is 6. The minimum atomic E-state index is -0.399. The second-order valence-corrected chi connectivity index (χ2v) is 8.58. The molecular weight excluding hydrogens is 442 g/mol. The molecule has 2 aromatic heterocycles. The number of benzene rings is 2. The molecule has 2 N–H and O–H groups in total. The van der Waals surface area contributed by atoms with E-state index in [1.54, 1.807) is 21.8 Å². The van der Waals surface area contributed by atoms with Gasteiger partial charge >= 0.3 is 0 Å². The van der Waals surface area contributed by atoms with Gasteiger partial charge < -0.3 is 15.5 Å². The topological polar surface area (TPSA) is 105 Å². The van der Waals surface area contributed by atoms with Crippen molar-refractivity contribution in [1.29, 1.82) is 0 Å². The van der Waals surface area contributed by atoms with Crippen LogP contribution in [0.3, 0.4) is 0 Å². The highest BCUT2D eigenvalue weighted by molar-refractivity contribution is 6.03. The SMILES string of the molecule is Cc1ccc(N2C[C@@H](C(=O)Nc3ccc(Nc4cc(-n5cccn5)ncn4)cc3)CC2=O)cc1C. The standard InChI is InChI=1S/C26H25N7O2/c1-17-4-9-22(12-18(17)2)32-15-19(13-25(32)34)26(35)31-21-7-5-20(6-8-21)30-23-14-24(28-16-27-23)33-11-3-10-29-33/h3-12,14,16,19H,13,15H2,1-2H3,(H,31,35)(H,27,28,30)/t19-/m0/s1. The zero-order chi connectivity index (χ0) is 24.4. The van der Waals surface area contributed by atoms with E-state index in [0.29, 0.717) is 23.9 Å². The molecule has 0 radical (unpaired) electrons. The number of carbonyl (C=O) groups is 2. The van der Waals surface area contributed by atoms with Crippen molar-refractivity contribution >= 4 is 34.7 Å². The molecule has 176 valence electrons. The van der Waals surface area contributed by atoms with Crippen molar-refractivity contribution in [3.05, 3.63) is 84.4 Å². The largest absolute Gasteiger partial charge is 0.340 e. The molecule has 1 aliphatic rings. The van der Waals surface area contributed by atoms with Crippen LogP contribution in [0.2, 0.25) is 0 Å². The molecule has 0 unspecified atom stereocenters. The Kier molecular flexibility index (Phi) is 5.97. The first-order valence-electron chi connectivity index (χ1n) is 11.3. The molecule has 1 fully saturated rings. The van der Waals surface area contributed by atoms with Crippen molar-refractivity contribution in [1.82, 2.24) is 19.7 Å². The zero-order valence-electron chi connectivity index (χ0n) is 19.5. The maximum atomic E-state index is 12.9. The van der Waals surface area contributed by atoms with E-state index < -0.39 is 5.92 Å². The Balaban J connectivity index is 1.20. The van der Waals surface area contributed by atoms with Gasteiger partial charge in [-0.25, -0.2) is 14.6 Å². The van der Waals surface area contributed by atoms with Crippen LogP contribution in [-0.2, 0) is 9.59 Å². The summed E-state index contributed by atoms with van der Waals surface area (Å²) in [4.78, 5) is 35.6. The van der Waals surface area contributed by atoms with Crippen molar-refractivity contribution in [3.8, 4) is 5.82 Å². The maximum Gasteiger partial charge on any atom is 0.229 e. The van der Waals surface area contributed by atoms with E-state index in [-0.39, 0.29) is 18.2 Å². The van der Waals surface area contributed by atoms with Gasteiger partial charge in [0.05, 0.1) is 5.92 Å². The lowest BCUT2D eigenvalue weighted by Gasteiger charge is -2.18. The fourth-order valence-electron chi connectivity index (χ4n) is 4.00. The molecule has 1 saturated heterocycles. The fraction of sp³-hybridized carbons (Fsp3) is 0.192. The Morgan fingerprint density at radius 2 is 1.80 bits per heavy atom. The number of aromatic nitrogens is 4. The molecule has 35 heavy (non-hydrogen) atoms. The number of anilines is 4. The molecule has 9 nitrogen and oxygen atoms in total. The van der Waals surface area contributed by atoms with Crippen LogP contribution < -0.4 is 15.5 Å². The molecule has 5 rings (SSSR count). The predicted octanol–water partition coefficient (Wildman–Crippen LogP) is 4.01. The van der Waals surface area contributed by atoms with Crippen molar-refractivity contribution in [2.75, 3.05) is 22.1 Å². The number of carbonyl (C=O) groups excluding carboxylic acids is 2. The summed E-state index contributed by atoms with van der Waals surface area (Å²) in [6.07, 6.45) is 5.16. The monoisotopic (exact) mass is 467 g/mol. The average Bonchev–Trinajstić information content (AvgIpc) is 3.53. The van der Waals surface area contributed by atoms with Crippen LogP contribution in [0.1, 0.15) is 17.5 Å². The maximum absolute atomic E-state index is 12.9. The van der Waals surface area contributed by atoms with Crippen LogP contribution in [0, 0.1) is 19.8 Å². The third-order valence-corrected chi connectivity index (χ3v) is 6.11. The fourth-order valence-corrected chi connectivity index (χ4v) is 4.00. The van der Waals surface area contributed by atoms with Crippen LogP contribution in [0.5, 0.6) is 0 Å². The molecule has 1 atom stereocenters. The summed E-state index contributed by atoms with van der Waals surface area (Å²) in [5, 5.41) is 10.3. The molecule has 3 heterocycles. The summed E-state index contributed by atoms with van der Waals surface area (Å²) in [7, 11) is 0. The summed E-state index contributed by atoms with van der Waals surface area (Å²) in [6, 6.07) is 16.9. The molecule has 4 aromatic rings. The van der Waals surface area contributed by atoms with Crippen LogP contribution in [0.25, 0.3) is 5.82 Å². The molecule has 9 heteroatoms. The Hall–Kier alpha value is -4.53. The number of hydrogen-bond acceptors (Lipinski definition) is 6. The van der Waals surface area contributed by atoms with E-state index in [9.17, 15) is 9.59 Å². The van der Waals surface area contributed by atoms with Crippen molar-refractivity contribution in [2.24, 2.45) is 5.92 Å². The summed E-state index contributed by atoms with van der Waals surface area (Å²) in [5.41, 5.74) is 4.61. The van der Waals surface area contributed by atoms with E-state index >= 15 is 0 Å². The van der Waals surface area contributed by atoms with E-state index in [4.69, 9.17) is 0 Å². The Morgan fingerprint density at radius 3 is 2.54 bits per heavy atom. The van der Waals surface area contributed by atoms with E-state index in [2.05, 4.69) is 25.7 Å². The summed E-state index contributed by atoms with van der Waals surface area (Å²) in [6.45, 7) is 4.43. The smallest absolute Gasteiger partial charge is 0.229 e. The van der Waals surface area contributed by atoms with Gasteiger partial charge in [-0.05, 0) is 67.4 Å². The molecule has 1 aliphatic heterocycles. The lowest BCUT2D eigenvalue weighted by atomic mass is 10.1. The van der Waals surface area contributed by atoms with E-state index in [1.165, 1.54) is 11.9 Å². The second-order valence-electron chi connectivity index (χ2n) is 8.58. The third-order valence-electron chi connectivity index (χ3n) is 6.11. The van der Waals surface area contributed by atoms with Crippen LogP contribution >= 0.6 is 0 Å².